The summed E-state index contributed by atoms with van der Waals surface area (Å²) in [4.78, 5) is 8.98. The lowest BCUT2D eigenvalue weighted by molar-refractivity contribution is 0.454. The van der Waals surface area contributed by atoms with E-state index in [1.165, 1.54) is 11.1 Å². The first-order valence-corrected chi connectivity index (χ1v) is 8.93. The second kappa shape index (κ2) is 7.69. The van der Waals surface area contributed by atoms with Gasteiger partial charge in [0.1, 0.15) is 5.75 Å². The van der Waals surface area contributed by atoms with Gasteiger partial charge in [0, 0.05) is 22.5 Å². The first-order valence-electron chi connectivity index (χ1n) is 7.56. The van der Waals surface area contributed by atoms with Gasteiger partial charge in [-0.15, -0.1) is 0 Å². The van der Waals surface area contributed by atoms with Crippen LogP contribution in [0, 0.1) is 13.8 Å². The molecule has 0 radical (unpaired) electrons. The molecule has 0 saturated heterocycles. The number of rotatable bonds is 5. The van der Waals surface area contributed by atoms with Gasteiger partial charge in [-0.1, -0.05) is 47.6 Å². The van der Waals surface area contributed by atoms with E-state index < -0.39 is 0 Å². The molecule has 0 unspecified atom stereocenters. The Morgan fingerprint density at radius 1 is 1.00 bits per heavy atom. The molecule has 2 aromatic carbocycles. The van der Waals surface area contributed by atoms with E-state index in [1.54, 1.807) is 23.9 Å². The van der Waals surface area contributed by atoms with Crippen LogP contribution in [0.2, 0.25) is 5.02 Å². The van der Waals surface area contributed by atoms with E-state index in [4.69, 9.17) is 16.3 Å². The monoisotopic (exact) mass is 356 g/mol. The zero-order valence-electron chi connectivity index (χ0n) is 13.5. The molecule has 24 heavy (non-hydrogen) atoms. The average molecular weight is 357 g/mol. The number of aromatic nitrogens is 2. The van der Waals surface area contributed by atoms with E-state index in [1.807, 2.05) is 31.2 Å². The molecule has 0 fully saturated rings. The summed E-state index contributed by atoms with van der Waals surface area (Å²) in [6.45, 7) is 4.05. The number of nitrogens with zero attached hydrogens (tertiary/aromatic N) is 2. The summed E-state index contributed by atoms with van der Waals surface area (Å²) in [5.74, 6) is 2.07. The number of hydrogen-bond donors (Lipinski definition) is 0. The zero-order chi connectivity index (χ0) is 16.9. The molecular weight excluding hydrogens is 340 g/mol. The van der Waals surface area contributed by atoms with Crippen molar-refractivity contribution in [2.24, 2.45) is 0 Å². The third-order valence-electron chi connectivity index (χ3n) is 3.46. The molecule has 0 atom stereocenters. The molecule has 3 aromatic rings. The predicted octanol–water partition coefficient (Wildman–Crippen LogP) is 5.83. The average Bonchev–Trinajstić information content (AvgIpc) is 2.56. The number of aryl methyl sites for hydroxylation is 2. The van der Waals surface area contributed by atoms with Gasteiger partial charge >= 0.3 is 0 Å². The van der Waals surface area contributed by atoms with E-state index >= 15 is 0 Å². The quantitative estimate of drug-likeness (QED) is 0.425. The van der Waals surface area contributed by atoms with Gasteiger partial charge < -0.3 is 4.74 Å². The van der Waals surface area contributed by atoms with Crippen LogP contribution in [-0.2, 0) is 5.75 Å². The van der Waals surface area contributed by atoms with Crippen molar-refractivity contribution in [1.82, 2.24) is 9.97 Å². The number of ether oxygens (including phenoxy) is 1. The molecule has 0 bridgehead atoms. The van der Waals surface area contributed by atoms with E-state index in [0.717, 1.165) is 11.4 Å². The number of benzene rings is 2. The molecule has 122 valence electrons. The smallest absolute Gasteiger partial charge is 0.223 e. The van der Waals surface area contributed by atoms with Crippen LogP contribution in [0.1, 0.15) is 16.8 Å². The van der Waals surface area contributed by atoms with Gasteiger partial charge in [-0.3, -0.25) is 0 Å². The summed E-state index contributed by atoms with van der Waals surface area (Å²) >= 11 is 7.50. The number of thioether (sulfide) groups is 1. The highest BCUT2D eigenvalue weighted by atomic mass is 35.5. The molecule has 0 amide bonds. The summed E-state index contributed by atoms with van der Waals surface area (Å²) in [5, 5.41) is 1.39. The predicted molar refractivity (Wildman–Crippen MR) is 99.0 cm³/mol. The maximum atomic E-state index is 5.89. The van der Waals surface area contributed by atoms with Crippen molar-refractivity contribution in [2.75, 3.05) is 0 Å². The molecule has 1 aromatic heterocycles. The van der Waals surface area contributed by atoms with Crippen molar-refractivity contribution < 1.29 is 4.74 Å². The van der Waals surface area contributed by atoms with Crippen LogP contribution < -0.4 is 4.74 Å². The van der Waals surface area contributed by atoms with Crippen LogP contribution in [0.4, 0.5) is 0 Å². The Labute approximate surface area is 151 Å². The van der Waals surface area contributed by atoms with E-state index in [9.17, 15) is 0 Å². The highest BCUT2D eigenvalue weighted by molar-refractivity contribution is 7.98. The maximum Gasteiger partial charge on any atom is 0.223 e. The number of hydrogen-bond acceptors (Lipinski definition) is 4. The lowest BCUT2D eigenvalue weighted by Crippen LogP contribution is -1.95. The van der Waals surface area contributed by atoms with E-state index in [2.05, 4.69) is 35.1 Å². The van der Waals surface area contributed by atoms with Gasteiger partial charge in [0.2, 0.25) is 5.88 Å². The van der Waals surface area contributed by atoms with Crippen molar-refractivity contribution in [2.45, 2.75) is 24.8 Å². The van der Waals surface area contributed by atoms with Gasteiger partial charge in [-0.05, 0) is 49.2 Å². The lowest BCUT2D eigenvalue weighted by atomic mass is 10.1. The second-order valence-electron chi connectivity index (χ2n) is 5.40. The van der Waals surface area contributed by atoms with Gasteiger partial charge in [0.05, 0.1) is 0 Å². The molecule has 0 aliphatic heterocycles. The lowest BCUT2D eigenvalue weighted by Gasteiger charge is -2.08. The van der Waals surface area contributed by atoms with Crippen molar-refractivity contribution in [1.29, 1.82) is 0 Å². The third-order valence-corrected chi connectivity index (χ3v) is 4.61. The van der Waals surface area contributed by atoms with Crippen LogP contribution >= 0.6 is 23.4 Å². The molecule has 0 aliphatic carbocycles. The van der Waals surface area contributed by atoms with Gasteiger partial charge in [-0.2, -0.15) is 4.98 Å². The Balaban J connectivity index is 1.74. The zero-order valence-corrected chi connectivity index (χ0v) is 15.1. The summed E-state index contributed by atoms with van der Waals surface area (Å²) in [7, 11) is 0. The van der Waals surface area contributed by atoms with Gasteiger partial charge in [0.25, 0.3) is 0 Å². The standard InChI is InChI=1S/C19H17ClN2OS/c1-13-5-3-4-6-15(13)12-24-19-21-14(2)11-18(22-19)23-17-9-7-16(20)8-10-17/h3-11H,12H2,1-2H3. The summed E-state index contributed by atoms with van der Waals surface area (Å²) in [6, 6.07) is 17.4. The van der Waals surface area contributed by atoms with Crippen LogP contribution in [-0.4, -0.2) is 9.97 Å². The van der Waals surface area contributed by atoms with Crippen LogP contribution in [0.3, 0.4) is 0 Å². The van der Waals surface area contributed by atoms with Gasteiger partial charge in [-0.25, -0.2) is 4.98 Å². The minimum atomic E-state index is 0.539. The Morgan fingerprint density at radius 2 is 1.75 bits per heavy atom. The summed E-state index contributed by atoms with van der Waals surface area (Å²) in [5.41, 5.74) is 3.43. The SMILES string of the molecule is Cc1cc(Oc2ccc(Cl)cc2)nc(SCc2ccccc2C)n1. The van der Waals surface area contributed by atoms with Crippen LogP contribution in [0.15, 0.2) is 59.8 Å². The summed E-state index contributed by atoms with van der Waals surface area (Å²) < 4.78 is 5.81. The van der Waals surface area contributed by atoms with Gasteiger partial charge in [0.15, 0.2) is 5.16 Å². The largest absolute Gasteiger partial charge is 0.439 e. The maximum absolute atomic E-state index is 5.89. The van der Waals surface area contributed by atoms with E-state index in [0.29, 0.717) is 21.8 Å². The Morgan fingerprint density at radius 3 is 2.50 bits per heavy atom. The molecule has 3 nitrogen and oxygen atoms in total. The first-order chi connectivity index (χ1) is 11.6. The van der Waals surface area contributed by atoms with Crippen molar-refractivity contribution in [3.63, 3.8) is 0 Å². The Hall–Kier alpha value is -2.04. The molecule has 5 heteroatoms. The van der Waals surface area contributed by atoms with Crippen LogP contribution in [0.25, 0.3) is 0 Å². The molecule has 1 heterocycles. The molecule has 0 aliphatic rings. The fourth-order valence-corrected chi connectivity index (χ4v) is 3.27. The minimum Gasteiger partial charge on any atom is -0.439 e. The normalized spacial score (nSPS) is 10.6. The molecule has 3 rings (SSSR count). The second-order valence-corrected chi connectivity index (χ2v) is 6.78. The molecule has 0 saturated carbocycles. The first kappa shape index (κ1) is 16.8. The fraction of sp³-hybridized carbons (Fsp3) is 0.158. The molecule has 0 spiro atoms. The van der Waals surface area contributed by atoms with Crippen LogP contribution in [0.5, 0.6) is 11.6 Å². The minimum absolute atomic E-state index is 0.539. The highest BCUT2D eigenvalue weighted by Gasteiger charge is 2.07. The Kier molecular flexibility index (Phi) is 5.38. The molecule has 0 N–H and O–H groups in total. The topological polar surface area (TPSA) is 35.0 Å². The Bertz CT molecular complexity index is 837. The van der Waals surface area contributed by atoms with Crippen molar-refractivity contribution in [3.05, 3.63) is 76.4 Å². The van der Waals surface area contributed by atoms with Crippen molar-refractivity contribution >= 4 is 23.4 Å². The highest BCUT2D eigenvalue weighted by Crippen LogP contribution is 2.26. The number of halogens is 1. The molecular formula is C19H17ClN2OS. The van der Waals surface area contributed by atoms with Crippen molar-refractivity contribution in [3.8, 4) is 11.6 Å². The summed E-state index contributed by atoms with van der Waals surface area (Å²) in [6.07, 6.45) is 0. The third kappa shape index (κ3) is 4.49. The fourth-order valence-electron chi connectivity index (χ4n) is 2.17. The van der Waals surface area contributed by atoms with E-state index in [-0.39, 0.29) is 0 Å².